The minimum atomic E-state index is -0.461. The molecule has 0 saturated carbocycles. The van der Waals surface area contributed by atoms with E-state index < -0.39 is 5.82 Å². The van der Waals surface area contributed by atoms with E-state index >= 15 is 0 Å². The van der Waals surface area contributed by atoms with E-state index in [1.54, 1.807) is 23.9 Å². The molecular weight excluding hydrogens is 251 g/mol. The first-order valence-corrected chi connectivity index (χ1v) is 6.68. The Hall–Kier alpha value is -1.52. The van der Waals surface area contributed by atoms with Gasteiger partial charge in [0, 0.05) is 4.90 Å². The van der Waals surface area contributed by atoms with Crippen LogP contribution in [-0.2, 0) is 6.61 Å². The Kier molecular flexibility index (Phi) is 4.23. The average molecular weight is 264 g/mol. The van der Waals surface area contributed by atoms with Crippen molar-refractivity contribution in [1.82, 2.24) is 0 Å². The van der Waals surface area contributed by atoms with E-state index in [1.807, 2.05) is 30.5 Å². The number of para-hydroxylation sites is 1. The van der Waals surface area contributed by atoms with Gasteiger partial charge in [-0.3, -0.25) is 0 Å². The molecular formula is C14H13FO2S. The Morgan fingerprint density at radius 2 is 1.83 bits per heavy atom. The standard InChI is InChI=1S/C14H13FO2S/c1-18-14-8-3-2-6-13(14)17-12-7-4-5-11(15)10(12)9-16/h2-8,16H,9H2,1H3. The van der Waals surface area contributed by atoms with Crippen molar-refractivity contribution in [2.75, 3.05) is 6.26 Å². The van der Waals surface area contributed by atoms with Crippen molar-refractivity contribution in [3.8, 4) is 11.5 Å². The van der Waals surface area contributed by atoms with Gasteiger partial charge in [-0.2, -0.15) is 0 Å². The highest BCUT2D eigenvalue weighted by Gasteiger charge is 2.10. The maximum atomic E-state index is 13.5. The molecule has 0 aliphatic rings. The van der Waals surface area contributed by atoms with E-state index in [2.05, 4.69) is 0 Å². The van der Waals surface area contributed by atoms with E-state index in [0.717, 1.165) is 4.90 Å². The number of thioether (sulfide) groups is 1. The summed E-state index contributed by atoms with van der Waals surface area (Å²) in [7, 11) is 0. The molecule has 2 aromatic rings. The van der Waals surface area contributed by atoms with Gasteiger partial charge < -0.3 is 9.84 Å². The lowest BCUT2D eigenvalue weighted by molar-refractivity contribution is 0.269. The molecule has 4 heteroatoms. The van der Waals surface area contributed by atoms with Crippen LogP contribution < -0.4 is 4.74 Å². The molecule has 18 heavy (non-hydrogen) atoms. The number of benzene rings is 2. The quantitative estimate of drug-likeness (QED) is 0.851. The van der Waals surface area contributed by atoms with E-state index in [-0.39, 0.29) is 12.2 Å². The summed E-state index contributed by atoms with van der Waals surface area (Å²) >= 11 is 1.55. The first kappa shape index (κ1) is 12.9. The van der Waals surface area contributed by atoms with E-state index in [4.69, 9.17) is 4.74 Å². The summed E-state index contributed by atoms with van der Waals surface area (Å²) in [4.78, 5) is 0.964. The van der Waals surface area contributed by atoms with Gasteiger partial charge in [-0.25, -0.2) is 4.39 Å². The minimum absolute atomic E-state index is 0.174. The van der Waals surface area contributed by atoms with Crippen LogP contribution in [0.25, 0.3) is 0 Å². The van der Waals surface area contributed by atoms with E-state index in [1.165, 1.54) is 6.07 Å². The van der Waals surface area contributed by atoms with Crippen LogP contribution in [0.5, 0.6) is 11.5 Å². The molecule has 0 spiro atoms. The fourth-order valence-electron chi connectivity index (χ4n) is 1.61. The summed E-state index contributed by atoms with van der Waals surface area (Å²) in [6.45, 7) is -0.385. The Balaban J connectivity index is 2.37. The lowest BCUT2D eigenvalue weighted by atomic mass is 10.2. The summed E-state index contributed by atoms with van der Waals surface area (Å²) in [6.07, 6.45) is 1.95. The van der Waals surface area contributed by atoms with Crippen LogP contribution in [0.3, 0.4) is 0 Å². The maximum absolute atomic E-state index is 13.5. The molecule has 0 amide bonds. The van der Waals surface area contributed by atoms with Gasteiger partial charge >= 0.3 is 0 Å². The minimum Gasteiger partial charge on any atom is -0.456 e. The fraction of sp³-hybridized carbons (Fsp3) is 0.143. The molecule has 0 aliphatic carbocycles. The maximum Gasteiger partial charge on any atom is 0.140 e. The second-order valence-corrected chi connectivity index (χ2v) is 4.48. The topological polar surface area (TPSA) is 29.5 Å². The van der Waals surface area contributed by atoms with Gasteiger partial charge in [0.15, 0.2) is 0 Å². The lowest BCUT2D eigenvalue weighted by Crippen LogP contribution is -1.96. The molecule has 0 radical (unpaired) electrons. The molecule has 2 rings (SSSR count). The molecule has 0 saturated heterocycles. The van der Waals surface area contributed by atoms with Crippen LogP contribution in [0.15, 0.2) is 47.4 Å². The van der Waals surface area contributed by atoms with Crippen LogP contribution in [0, 0.1) is 5.82 Å². The largest absolute Gasteiger partial charge is 0.456 e. The van der Waals surface area contributed by atoms with E-state index in [9.17, 15) is 9.50 Å². The smallest absolute Gasteiger partial charge is 0.140 e. The van der Waals surface area contributed by atoms with Gasteiger partial charge in [0.05, 0.1) is 12.2 Å². The molecule has 0 atom stereocenters. The predicted octanol–water partition coefficient (Wildman–Crippen LogP) is 3.83. The molecule has 1 N–H and O–H groups in total. The van der Waals surface area contributed by atoms with Crippen LogP contribution >= 0.6 is 11.8 Å². The molecule has 0 heterocycles. The summed E-state index contributed by atoms with van der Waals surface area (Å²) in [5.41, 5.74) is 0.174. The normalized spacial score (nSPS) is 10.4. The zero-order valence-corrected chi connectivity index (χ0v) is 10.7. The first-order chi connectivity index (χ1) is 8.76. The highest BCUT2D eigenvalue weighted by molar-refractivity contribution is 7.98. The highest BCUT2D eigenvalue weighted by atomic mass is 32.2. The fourth-order valence-corrected chi connectivity index (χ4v) is 2.14. The summed E-state index contributed by atoms with van der Waals surface area (Å²) in [5.74, 6) is 0.543. The van der Waals surface area contributed by atoms with Crippen molar-refractivity contribution in [3.05, 3.63) is 53.8 Å². The molecule has 0 bridgehead atoms. The number of ether oxygens (including phenoxy) is 1. The zero-order chi connectivity index (χ0) is 13.0. The Labute approximate surface area is 109 Å². The van der Waals surface area contributed by atoms with Gasteiger partial charge in [0.2, 0.25) is 0 Å². The molecule has 0 aromatic heterocycles. The Bertz CT molecular complexity index is 543. The Morgan fingerprint density at radius 1 is 1.11 bits per heavy atom. The third-order valence-corrected chi connectivity index (χ3v) is 3.30. The van der Waals surface area contributed by atoms with Crippen LogP contribution in [0.1, 0.15) is 5.56 Å². The molecule has 0 fully saturated rings. The van der Waals surface area contributed by atoms with Crippen molar-refractivity contribution in [2.24, 2.45) is 0 Å². The van der Waals surface area contributed by atoms with Gasteiger partial charge in [-0.1, -0.05) is 18.2 Å². The molecule has 2 aromatic carbocycles. The summed E-state index contributed by atoms with van der Waals surface area (Å²) < 4.78 is 19.2. The number of aliphatic hydroxyl groups is 1. The molecule has 94 valence electrons. The summed E-state index contributed by atoms with van der Waals surface area (Å²) in [5, 5.41) is 9.18. The van der Waals surface area contributed by atoms with Crippen LogP contribution in [0.4, 0.5) is 4.39 Å². The highest BCUT2D eigenvalue weighted by Crippen LogP contribution is 2.33. The monoisotopic (exact) mass is 264 g/mol. The summed E-state index contributed by atoms with van der Waals surface area (Å²) in [6, 6.07) is 12.0. The van der Waals surface area contributed by atoms with Crippen molar-refractivity contribution in [1.29, 1.82) is 0 Å². The van der Waals surface area contributed by atoms with Gasteiger partial charge in [0.1, 0.15) is 17.3 Å². The Morgan fingerprint density at radius 3 is 2.56 bits per heavy atom. The third-order valence-electron chi connectivity index (χ3n) is 2.52. The third kappa shape index (κ3) is 2.66. The second-order valence-electron chi connectivity index (χ2n) is 3.63. The number of rotatable bonds is 4. The average Bonchev–Trinajstić information content (AvgIpc) is 2.40. The van der Waals surface area contributed by atoms with Gasteiger partial charge in [0.25, 0.3) is 0 Å². The van der Waals surface area contributed by atoms with Crippen molar-refractivity contribution >= 4 is 11.8 Å². The van der Waals surface area contributed by atoms with Gasteiger partial charge in [-0.15, -0.1) is 11.8 Å². The van der Waals surface area contributed by atoms with E-state index in [0.29, 0.717) is 11.5 Å². The first-order valence-electron chi connectivity index (χ1n) is 5.45. The number of hydrogen-bond donors (Lipinski definition) is 1. The SMILES string of the molecule is CSc1ccccc1Oc1cccc(F)c1CO. The molecule has 0 unspecified atom stereocenters. The lowest BCUT2D eigenvalue weighted by Gasteiger charge is -2.12. The van der Waals surface area contributed by atoms with Crippen LogP contribution in [0.2, 0.25) is 0 Å². The zero-order valence-electron chi connectivity index (χ0n) is 9.89. The second kappa shape index (κ2) is 5.89. The number of aliphatic hydroxyl groups excluding tert-OH is 1. The van der Waals surface area contributed by atoms with Crippen LogP contribution in [-0.4, -0.2) is 11.4 Å². The van der Waals surface area contributed by atoms with Gasteiger partial charge in [-0.05, 0) is 30.5 Å². The van der Waals surface area contributed by atoms with Crippen molar-refractivity contribution in [3.63, 3.8) is 0 Å². The molecule has 0 aliphatic heterocycles. The molecule has 2 nitrogen and oxygen atoms in total. The van der Waals surface area contributed by atoms with Crippen molar-refractivity contribution < 1.29 is 14.2 Å². The number of halogens is 1. The predicted molar refractivity (Wildman–Crippen MR) is 70.6 cm³/mol. The number of hydrogen-bond acceptors (Lipinski definition) is 3. The van der Waals surface area contributed by atoms with Crippen molar-refractivity contribution in [2.45, 2.75) is 11.5 Å².